The molecule has 3 heteroatoms. The first-order chi connectivity index (χ1) is 9.56. The lowest BCUT2D eigenvalue weighted by Gasteiger charge is -2.28. The van der Waals surface area contributed by atoms with E-state index >= 15 is 0 Å². The molecule has 0 heterocycles. The van der Waals surface area contributed by atoms with Crippen LogP contribution in [0.25, 0.3) is 5.57 Å². The van der Waals surface area contributed by atoms with E-state index in [1.54, 1.807) is 0 Å². The molecule has 3 nitrogen and oxygen atoms in total. The molecule has 0 amide bonds. The van der Waals surface area contributed by atoms with Crippen LogP contribution in [0.15, 0.2) is 41.7 Å². The molecule has 1 aliphatic carbocycles. The summed E-state index contributed by atoms with van der Waals surface area (Å²) < 4.78 is 5.81. The average molecular weight is 273 g/mol. The van der Waals surface area contributed by atoms with Crippen LogP contribution in [-0.2, 0) is 11.3 Å². The molecule has 20 heavy (non-hydrogen) atoms. The average Bonchev–Trinajstić information content (AvgIpc) is 2.71. The minimum Gasteiger partial charge on any atom is -0.508 e. The number of nitrogens with two attached hydrogens (primary N) is 1. The Bertz CT molecular complexity index is 560. The fourth-order valence-electron chi connectivity index (χ4n) is 2.76. The van der Waals surface area contributed by atoms with Crippen molar-refractivity contribution in [2.45, 2.75) is 39.3 Å². The lowest BCUT2D eigenvalue weighted by atomic mass is 9.95. The number of hydrogen-bond donors (Lipinski definition) is 2. The van der Waals surface area contributed by atoms with E-state index in [-0.39, 0.29) is 0 Å². The Kier molecular flexibility index (Phi) is 4.31. The quantitative estimate of drug-likeness (QED) is 0.862. The molecule has 0 aromatic heterocycles. The second kappa shape index (κ2) is 5.81. The first-order valence-corrected chi connectivity index (χ1v) is 7.14. The molecule has 0 bridgehead atoms. The Morgan fingerprint density at radius 1 is 1.30 bits per heavy atom. The molecule has 1 aromatic carbocycles. The van der Waals surface area contributed by atoms with Gasteiger partial charge in [-0.2, -0.15) is 0 Å². The summed E-state index contributed by atoms with van der Waals surface area (Å²) in [7, 11) is 0. The topological polar surface area (TPSA) is 55.5 Å². The van der Waals surface area contributed by atoms with Crippen molar-refractivity contribution < 1.29 is 9.84 Å². The van der Waals surface area contributed by atoms with Gasteiger partial charge < -0.3 is 15.6 Å². The Morgan fingerprint density at radius 2 is 2.05 bits per heavy atom. The summed E-state index contributed by atoms with van der Waals surface area (Å²) in [6.45, 7) is 7.01. The Balaban J connectivity index is 2.49. The second-order valence-corrected chi connectivity index (χ2v) is 5.16. The predicted octanol–water partition coefficient (Wildman–Crippen LogP) is 3.56. The molecule has 1 aliphatic rings. The Morgan fingerprint density at radius 3 is 2.65 bits per heavy atom. The highest BCUT2D eigenvalue weighted by atomic mass is 16.5. The molecule has 0 saturated heterocycles. The normalized spacial score (nSPS) is 22.3. The zero-order valence-corrected chi connectivity index (χ0v) is 12.4. The first-order valence-electron chi connectivity index (χ1n) is 7.14. The Hall–Kier alpha value is -1.58. The minimum atomic E-state index is -0.697. The van der Waals surface area contributed by atoms with Crippen LogP contribution in [0.5, 0.6) is 0 Å². The van der Waals surface area contributed by atoms with Gasteiger partial charge in [-0.3, -0.25) is 0 Å². The van der Waals surface area contributed by atoms with Crippen LogP contribution in [0.4, 0.5) is 0 Å². The van der Waals surface area contributed by atoms with Crippen LogP contribution in [0.3, 0.4) is 0 Å². The molecule has 2 rings (SSSR count). The molecule has 1 aromatic rings. The van der Waals surface area contributed by atoms with Crippen molar-refractivity contribution in [3.63, 3.8) is 0 Å². The van der Waals surface area contributed by atoms with Crippen LogP contribution in [0.1, 0.15) is 38.3 Å². The van der Waals surface area contributed by atoms with Gasteiger partial charge in [0.25, 0.3) is 0 Å². The van der Waals surface area contributed by atoms with Crippen LogP contribution >= 0.6 is 0 Å². The number of ether oxygens (including phenoxy) is 1. The molecule has 3 N–H and O–H groups in total. The zero-order chi connectivity index (χ0) is 14.8. The minimum absolute atomic E-state index is 0.297. The molecule has 0 radical (unpaired) electrons. The van der Waals surface area contributed by atoms with Gasteiger partial charge in [0.15, 0.2) is 0 Å². The van der Waals surface area contributed by atoms with Crippen molar-refractivity contribution in [3.05, 3.63) is 52.8 Å². The van der Waals surface area contributed by atoms with Crippen molar-refractivity contribution >= 4 is 5.57 Å². The third-order valence-corrected chi connectivity index (χ3v) is 3.93. The molecule has 0 fully saturated rings. The summed E-state index contributed by atoms with van der Waals surface area (Å²) in [4.78, 5) is 0. The molecule has 1 unspecified atom stereocenters. The lowest BCUT2D eigenvalue weighted by molar-refractivity contribution is 0.00518. The lowest BCUT2D eigenvalue weighted by Crippen LogP contribution is -2.31. The van der Waals surface area contributed by atoms with Crippen LogP contribution in [0.2, 0.25) is 0 Å². The Labute approximate surface area is 120 Å². The summed E-state index contributed by atoms with van der Waals surface area (Å²) in [5.41, 5.74) is 8.97. The predicted molar refractivity (Wildman–Crippen MR) is 82.3 cm³/mol. The number of rotatable bonds is 5. The maximum Gasteiger partial charge on any atom is 0.144 e. The molecule has 0 aliphatic heterocycles. The van der Waals surface area contributed by atoms with E-state index in [0.29, 0.717) is 18.9 Å². The highest BCUT2D eigenvalue weighted by molar-refractivity contribution is 5.82. The number of aliphatic hydroxyl groups excluding tert-OH is 1. The number of benzene rings is 1. The summed E-state index contributed by atoms with van der Waals surface area (Å²) in [5, 5.41) is 10.6. The molecule has 108 valence electrons. The van der Waals surface area contributed by atoms with Gasteiger partial charge in [-0.25, -0.2) is 0 Å². The van der Waals surface area contributed by atoms with Crippen molar-refractivity contribution in [2.24, 2.45) is 5.73 Å². The van der Waals surface area contributed by atoms with Crippen LogP contribution < -0.4 is 5.73 Å². The van der Waals surface area contributed by atoms with Crippen molar-refractivity contribution in [2.75, 3.05) is 6.61 Å². The maximum absolute atomic E-state index is 10.6. The summed E-state index contributed by atoms with van der Waals surface area (Å²) >= 11 is 0. The van der Waals surface area contributed by atoms with E-state index in [1.807, 2.05) is 44.2 Å². The highest BCUT2D eigenvalue weighted by Crippen LogP contribution is 2.42. The molecular formula is C17H23NO2. The van der Waals surface area contributed by atoms with Gasteiger partial charge in [-0.1, -0.05) is 25.1 Å². The third kappa shape index (κ3) is 2.39. The summed E-state index contributed by atoms with van der Waals surface area (Å²) in [5.74, 6) is 0.297. The van der Waals surface area contributed by atoms with E-state index < -0.39 is 5.60 Å². The van der Waals surface area contributed by atoms with Crippen molar-refractivity contribution in [1.82, 2.24) is 0 Å². The molecule has 1 atom stereocenters. The van der Waals surface area contributed by atoms with E-state index in [1.165, 1.54) is 0 Å². The number of allylic oxidation sites excluding steroid dienone is 2. The zero-order valence-electron chi connectivity index (χ0n) is 12.4. The highest BCUT2D eigenvalue weighted by Gasteiger charge is 2.40. The smallest absolute Gasteiger partial charge is 0.144 e. The second-order valence-electron chi connectivity index (χ2n) is 5.16. The fourth-order valence-corrected chi connectivity index (χ4v) is 2.76. The van der Waals surface area contributed by atoms with Crippen LogP contribution in [-0.4, -0.2) is 17.3 Å². The van der Waals surface area contributed by atoms with E-state index in [2.05, 4.69) is 6.92 Å². The van der Waals surface area contributed by atoms with Gasteiger partial charge in [0.1, 0.15) is 11.4 Å². The van der Waals surface area contributed by atoms with Gasteiger partial charge in [-0.15, -0.1) is 0 Å². The van der Waals surface area contributed by atoms with E-state index in [9.17, 15) is 5.11 Å². The fraction of sp³-hybridized carbons (Fsp3) is 0.412. The SMILES string of the molecule is CCOC1(C)C(CC)=CC(c2cccc(CN)c2)=C1O. The third-order valence-electron chi connectivity index (χ3n) is 3.93. The van der Waals surface area contributed by atoms with Gasteiger partial charge in [0.05, 0.1) is 0 Å². The summed E-state index contributed by atoms with van der Waals surface area (Å²) in [6, 6.07) is 7.97. The van der Waals surface area contributed by atoms with Gasteiger partial charge in [0, 0.05) is 18.7 Å². The van der Waals surface area contributed by atoms with E-state index in [0.717, 1.165) is 28.7 Å². The maximum atomic E-state index is 10.6. The monoisotopic (exact) mass is 273 g/mol. The number of aliphatic hydroxyl groups is 1. The van der Waals surface area contributed by atoms with E-state index in [4.69, 9.17) is 10.5 Å². The van der Waals surface area contributed by atoms with Gasteiger partial charge in [0.2, 0.25) is 0 Å². The summed E-state index contributed by atoms with van der Waals surface area (Å²) in [6.07, 6.45) is 2.89. The van der Waals surface area contributed by atoms with Crippen molar-refractivity contribution in [1.29, 1.82) is 0 Å². The first kappa shape index (κ1) is 14.8. The van der Waals surface area contributed by atoms with Crippen LogP contribution in [0, 0.1) is 0 Å². The molecule has 0 saturated carbocycles. The number of hydrogen-bond acceptors (Lipinski definition) is 3. The standard InChI is InChI=1S/C17H23NO2/c1-4-14-10-15(16(19)17(14,3)20-5-2)13-8-6-7-12(9-13)11-18/h6-10,19H,4-5,11,18H2,1-3H3. The molecule has 0 spiro atoms. The van der Waals surface area contributed by atoms with Crippen molar-refractivity contribution in [3.8, 4) is 0 Å². The van der Waals surface area contributed by atoms with Gasteiger partial charge in [-0.05, 0) is 49.1 Å². The molecular weight excluding hydrogens is 250 g/mol. The largest absolute Gasteiger partial charge is 0.508 e. The van der Waals surface area contributed by atoms with Gasteiger partial charge >= 0.3 is 0 Å².